The van der Waals surface area contributed by atoms with Gasteiger partial charge in [-0.25, -0.2) is 5.11 Å². The molecule has 0 aromatic carbocycles. The largest absolute Gasteiger partial charge is 0.298 e. The minimum atomic E-state index is -4.38. The van der Waals surface area contributed by atoms with Crippen molar-refractivity contribution in [3.05, 3.63) is 0 Å². The van der Waals surface area contributed by atoms with Crippen molar-refractivity contribution in [2.75, 3.05) is 0 Å². The highest BCUT2D eigenvalue weighted by Crippen LogP contribution is 2.32. The van der Waals surface area contributed by atoms with Crippen molar-refractivity contribution in [1.82, 2.24) is 0 Å². The second kappa shape index (κ2) is 2.73. The molecule has 1 N–H and O–H groups in total. The number of rotatable bonds is 1. The molecule has 0 amide bonds. The minimum Gasteiger partial charge on any atom is -0.283 e. The summed E-state index contributed by atoms with van der Waals surface area (Å²) < 4.78 is 29.7. The van der Waals surface area contributed by atoms with E-state index in [0.29, 0.717) is 12.8 Å². The highest BCUT2D eigenvalue weighted by Gasteiger charge is 2.43. The normalized spacial score (nSPS) is 24.9. The van der Waals surface area contributed by atoms with Crippen LogP contribution in [0, 0.1) is 0 Å². The highest BCUT2D eigenvalue weighted by molar-refractivity contribution is 7.87. The average Bonchev–Trinajstić information content (AvgIpc) is 1.87. The van der Waals surface area contributed by atoms with Gasteiger partial charge in [0.05, 0.1) is 0 Å². The second-order valence-corrected chi connectivity index (χ2v) is 4.64. The van der Waals surface area contributed by atoms with Gasteiger partial charge in [-0.3, -0.25) is 4.55 Å². The van der Waals surface area contributed by atoms with E-state index in [9.17, 15) is 13.5 Å². The molecule has 0 aromatic rings. The van der Waals surface area contributed by atoms with Crippen molar-refractivity contribution in [2.24, 2.45) is 0 Å². The van der Waals surface area contributed by atoms with Crippen LogP contribution in [0.1, 0.15) is 32.1 Å². The van der Waals surface area contributed by atoms with Crippen LogP contribution in [0.5, 0.6) is 0 Å². The van der Waals surface area contributed by atoms with E-state index in [2.05, 4.69) is 0 Å². The third kappa shape index (κ3) is 1.72. The van der Waals surface area contributed by atoms with Gasteiger partial charge in [0.15, 0.2) is 0 Å². The Bertz CT molecular complexity index is 225. The molecule has 0 unspecified atom stereocenters. The molecule has 1 rings (SSSR count). The molecule has 0 aliphatic heterocycles. The van der Waals surface area contributed by atoms with Gasteiger partial charge in [0.2, 0.25) is 4.93 Å². The summed E-state index contributed by atoms with van der Waals surface area (Å²) in [6.45, 7) is 0. The van der Waals surface area contributed by atoms with Gasteiger partial charge in [-0.05, 0) is 25.7 Å². The van der Waals surface area contributed by atoms with Crippen LogP contribution in [0.3, 0.4) is 0 Å². The Morgan fingerprint density at radius 1 is 1.09 bits per heavy atom. The van der Waals surface area contributed by atoms with Crippen molar-refractivity contribution < 1.29 is 18.1 Å². The van der Waals surface area contributed by atoms with Gasteiger partial charge in [0.1, 0.15) is 0 Å². The first kappa shape index (κ1) is 8.96. The van der Waals surface area contributed by atoms with Crippen LogP contribution < -0.4 is 0 Å². The van der Waals surface area contributed by atoms with Crippen LogP contribution in [0.25, 0.3) is 0 Å². The molecule has 0 heterocycles. The smallest absolute Gasteiger partial charge is 0.283 e. The van der Waals surface area contributed by atoms with E-state index in [4.69, 9.17) is 4.55 Å². The van der Waals surface area contributed by atoms with E-state index in [-0.39, 0.29) is 12.8 Å². The summed E-state index contributed by atoms with van der Waals surface area (Å²) in [5.41, 5.74) is 0. The van der Waals surface area contributed by atoms with Crippen LogP contribution >= 0.6 is 0 Å². The van der Waals surface area contributed by atoms with Crippen molar-refractivity contribution >= 4 is 10.1 Å². The zero-order valence-corrected chi connectivity index (χ0v) is 6.93. The third-order valence-electron chi connectivity index (χ3n) is 2.09. The predicted molar refractivity (Wildman–Crippen MR) is 38.1 cm³/mol. The summed E-state index contributed by atoms with van der Waals surface area (Å²) in [7, 11) is -4.38. The van der Waals surface area contributed by atoms with E-state index in [1.165, 1.54) is 0 Å². The zero-order valence-electron chi connectivity index (χ0n) is 6.12. The quantitative estimate of drug-likeness (QED) is 0.609. The summed E-state index contributed by atoms with van der Waals surface area (Å²) in [5.74, 6) is 0. The van der Waals surface area contributed by atoms with E-state index < -0.39 is 15.1 Å². The summed E-state index contributed by atoms with van der Waals surface area (Å²) >= 11 is 0. The molecular formula is C6H11O4S. The molecular weight excluding hydrogens is 168 g/mol. The second-order valence-electron chi connectivity index (χ2n) is 2.95. The van der Waals surface area contributed by atoms with Gasteiger partial charge in [-0.1, -0.05) is 6.42 Å². The first-order valence-corrected chi connectivity index (χ1v) is 5.07. The maximum Gasteiger partial charge on any atom is 0.298 e. The van der Waals surface area contributed by atoms with Gasteiger partial charge in [-0.2, -0.15) is 8.42 Å². The SMILES string of the molecule is [O]C1(S(=O)(=O)O)CCCCC1. The Kier molecular flexibility index (Phi) is 2.22. The molecule has 11 heavy (non-hydrogen) atoms. The van der Waals surface area contributed by atoms with Crippen LogP contribution in [0.15, 0.2) is 0 Å². The van der Waals surface area contributed by atoms with Crippen molar-refractivity contribution in [3.63, 3.8) is 0 Å². The lowest BCUT2D eigenvalue weighted by molar-refractivity contribution is 0.00681. The van der Waals surface area contributed by atoms with E-state index in [1.54, 1.807) is 0 Å². The fourth-order valence-electron chi connectivity index (χ4n) is 1.35. The lowest BCUT2D eigenvalue weighted by Crippen LogP contribution is -2.38. The lowest BCUT2D eigenvalue weighted by atomic mass is 9.97. The van der Waals surface area contributed by atoms with Gasteiger partial charge in [0.25, 0.3) is 10.1 Å². The summed E-state index contributed by atoms with van der Waals surface area (Å²) in [4.78, 5) is -2.11. The molecule has 1 fully saturated rings. The molecule has 4 nitrogen and oxygen atoms in total. The van der Waals surface area contributed by atoms with Gasteiger partial charge >= 0.3 is 0 Å². The molecule has 1 saturated carbocycles. The molecule has 0 spiro atoms. The number of hydrogen-bond donors (Lipinski definition) is 1. The molecule has 0 atom stereocenters. The lowest BCUT2D eigenvalue weighted by Gasteiger charge is -2.25. The van der Waals surface area contributed by atoms with Crippen LogP contribution in [0.2, 0.25) is 0 Å². The number of hydrogen-bond acceptors (Lipinski definition) is 2. The van der Waals surface area contributed by atoms with Gasteiger partial charge < -0.3 is 0 Å². The van der Waals surface area contributed by atoms with E-state index in [0.717, 1.165) is 6.42 Å². The van der Waals surface area contributed by atoms with Crippen molar-refractivity contribution in [1.29, 1.82) is 0 Å². The Morgan fingerprint density at radius 2 is 1.55 bits per heavy atom. The zero-order chi connectivity index (χ0) is 8.54. The third-order valence-corrected chi connectivity index (χ3v) is 3.43. The topological polar surface area (TPSA) is 74.3 Å². The average molecular weight is 179 g/mol. The Morgan fingerprint density at radius 3 is 1.82 bits per heavy atom. The maximum absolute atomic E-state index is 11.3. The Hall–Kier alpha value is -0.130. The molecule has 1 radical (unpaired) electrons. The van der Waals surface area contributed by atoms with Gasteiger partial charge in [-0.15, -0.1) is 0 Å². The maximum atomic E-state index is 11.3. The van der Waals surface area contributed by atoms with Crippen LogP contribution in [-0.2, 0) is 15.2 Å². The molecule has 1 aliphatic rings. The monoisotopic (exact) mass is 179 g/mol. The fraction of sp³-hybridized carbons (Fsp3) is 1.00. The Labute approximate surface area is 66.0 Å². The highest BCUT2D eigenvalue weighted by atomic mass is 32.2. The summed E-state index contributed by atoms with van der Waals surface area (Å²) in [6.07, 6.45) is 2.18. The fourth-order valence-corrected chi connectivity index (χ4v) is 2.15. The van der Waals surface area contributed by atoms with Gasteiger partial charge in [0, 0.05) is 0 Å². The van der Waals surface area contributed by atoms with Crippen LogP contribution in [-0.4, -0.2) is 17.9 Å². The molecule has 65 valence electrons. The molecule has 0 saturated heterocycles. The molecule has 5 heteroatoms. The summed E-state index contributed by atoms with van der Waals surface area (Å²) in [5, 5.41) is 11.3. The van der Waals surface area contributed by atoms with E-state index >= 15 is 0 Å². The van der Waals surface area contributed by atoms with Crippen molar-refractivity contribution in [3.8, 4) is 0 Å². The Balaban J connectivity index is 2.81. The van der Waals surface area contributed by atoms with Crippen LogP contribution in [0.4, 0.5) is 0 Å². The predicted octanol–water partition coefficient (Wildman–Crippen LogP) is 0.965. The summed E-state index contributed by atoms with van der Waals surface area (Å²) in [6, 6.07) is 0. The first-order chi connectivity index (χ1) is 4.96. The van der Waals surface area contributed by atoms with Crippen molar-refractivity contribution in [2.45, 2.75) is 37.0 Å². The molecule has 0 aromatic heterocycles. The standard InChI is InChI=1S/C6H11O4S/c7-6(11(8,9)10)4-2-1-3-5-6/h1-5H2,(H,8,9,10). The molecule has 1 aliphatic carbocycles. The minimum absolute atomic E-state index is 0.0475. The van der Waals surface area contributed by atoms with E-state index in [1.807, 2.05) is 0 Å². The molecule has 0 bridgehead atoms. The first-order valence-electron chi connectivity index (χ1n) is 3.63.